The molecule has 3 heterocycles. The number of fused-ring (bicyclic) bond motifs is 1. The van der Waals surface area contributed by atoms with E-state index in [1.54, 1.807) is 24.6 Å². The van der Waals surface area contributed by atoms with Crippen molar-refractivity contribution in [1.82, 2.24) is 19.5 Å². The van der Waals surface area contributed by atoms with Crippen LogP contribution >= 0.6 is 11.6 Å². The first kappa shape index (κ1) is 15.2. The molecule has 1 aliphatic rings. The van der Waals surface area contributed by atoms with E-state index in [2.05, 4.69) is 26.4 Å². The topological polar surface area (TPSA) is 76.3 Å². The third-order valence-electron chi connectivity index (χ3n) is 3.53. The van der Waals surface area contributed by atoms with Gasteiger partial charge in [0.05, 0.1) is 13.2 Å². The van der Waals surface area contributed by atoms with E-state index in [-0.39, 0.29) is 5.28 Å². The minimum Gasteiger partial charge on any atom is -0.382 e. The number of hydrogen-bond acceptors (Lipinski definition) is 6. The van der Waals surface area contributed by atoms with Gasteiger partial charge in [-0.15, -0.1) is 0 Å². The molecule has 1 N–H and O–H groups in total. The van der Waals surface area contributed by atoms with E-state index >= 15 is 0 Å². The van der Waals surface area contributed by atoms with Crippen LogP contribution in [0.1, 0.15) is 19.7 Å². The molecule has 0 radical (unpaired) electrons. The molecule has 0 bridgehead atoms. The number of aromatic nitrogens is 4. The summed E-state index contributed by atoms with van der Waals surface area (Å²) >= 11 is 6.08. The van der Waals surface area contributed by atoms with Gasteiger partial charge in [0, 0.05) is 19.3 Å². The van der Waals surface area contributed by atoms with Crippen LogP contribution in [0.25, 0.3) is 17.4 Å². The molecule has 0 spiro atoms. The van der Waals surface area contributed by atoms with Gasteiger partial charge >= 0.3 is 0 Å². The van der Waals surface area contributed by atoms with Crippen molar-refractivity contribution < 1.29 is 9.84 Å². The number of hydrogen-bond donors (Lipinski definition) is 1. The summed E-state index contributed by atoms with van der Waals surface area (Å²) in [6.45, 7) is 9.78. The van der Waals surface area contributed by atoms with E-state index in [0.29, 0.717) is 49.1 Å². The van der Waals surface area contributed by atoms with Crippen LogP contribution in [0.3, 0.4) is 0 Å². The standard InChI is InChI=1S/C14H18ClN5O2/c1-4-20-11-9(16-12(20)14(2,3)21)10(17-13(15)18-11)19-5-7-22-8-6-19/h4,21H,1,5-8H2,2-3H3. The molecule has 2 aromatic heterocycles. The Hall–Kier alpha value is -1.70. The molecule has 0 aromatic carbocycles. The number of imidazole rings is 1. The van der Waals surface area contributed by atoms with Crippen molar-refractivity contribution in [3.63, 3.8) is 0 Å². The van der Waals surface area contributed by atoms with Gasteiger partial charge in [-0.2, -0.15) is 9.97 Å². The molecule has 3 rings (SSSR count). The van der Waals surface area contributed by atoms with Crippen molar-refractivity contribution in [3.8, 4) is 0 Å². The first-order chi connectivity index (χ1) is 10.4. The second kappa shape index (κ2) is 5.49. The number of aliphatic hydroxyl groups is 1. The van der Waals surface area contributed by atoms with Gasteiger partial charge in [-0.05, 0) is 25.4 Å². The Morgan fingerprint density at radius 1 is 1.27 bits per heavy atom. The summed E-state index contributed by atoms with van der Waals surface area (Å²) in [6, 6.07) is 0. The fourth-order valence-corrected chi connectivity index (χ4v) is 2.69. The Morgan fingerprint density at radius 3 is 2.55 bits per heavy atom. The first-order valence-electron chi connectivity index (χ1n) is 7.05. The fraction of sp³-hybridized carbons (Fsp3) is 0.500. The smallest absolute Gasteiger partial charge is 0.226 e. The SMILES string of the molecule is C=Cn1c(C(C)(C)O)nc2c(N3CCOCC3)nc(Cl)nc21. The third-order valence-corrected chi connectivity index (χ3v) is 3.70. The lowest BCUT2D eigenvalue weighted by atomic mass is 10.1. The summed E-state index contributed by atoms with van der Waals surface area (Å²) in [4.78, 5) is 15.2. The average Bonchev–Trinajstić information content (AvgIpc) is 2.85. The highest BCUT2D eigenvalue weighted by atomic mass is 35.5. The first-order valence-corrected chi connectivity index (χ1v) is 7.43. The molecule has 1 fully saturated rings. The van der Waals surface area contributed by atoms with Crippen LogP contribution < -0.4 is 4.90 Å². The van der Waals surface area contributed by atoms with Crippen molar-refractivity contribution >= 4 is 34.8 Å². The van der Waals surface area contributed by atoms with Crippen molar-refractivity contribution in [3.05, 3.63) is 17.7 Å². The molecule has 0 unspecified atom stereocenters. The van der Waals surface area contributed by atoms with E-state index in [1.165, 1.54) is 0 Å². The molecule has 8 heteroatoms. The summed E-state index contributed by atoms with van der Waals surface area (Å²) in [5.41, 5.74) is 0.000785. The lowest BCUT2D eigenvalue weighted by molar-refractivity contribution is 0.0681. The second-order valence-electron chi connectivity index (χ2n) is 5.63. The Bertz CT molecular complexity index is 716. The van der Waals surface area contributed by atoms with Crippen LogP contribution in [-0.4, -0.2) is 50.9 Å². The zero-order valence-corrected chi connectivity index (χ0v) is 13.3. The van der Waals surface area contributed by atoms with Crippen molar-refractivity contribution in [2.75, 3.05) is 31.2 Å². The van der Waals surface area contributed by atoms with Crippen LogP contribution in [0.2, 0.25) is 5.28 Å². The monoisotopic (exact) mass is 323 g/mol. The zero-order chi connectivity index (χ0) is 15.9. The maximum absolute atomic E-state index is 10.3. The Kier molecular flexibility index (Phi) is 3.80. The molecule has 0 atom stereocenters. The van der Waals surface area contributed by atoms with Crippen LogP contribution in [-0.2, 0) is 10.3 Å². The minimum absolute atomic E-state index is 0.138. The van der Waals surface area contributed by atoms with Crippen LogP contribution in [0, 0.1) is 0 Å². The van der Waals surface area contributed by atoms with Crippen molar-refractivity contribution in [2.45, 2.75) is 19.4 Å². The number of rotatable bonds is 3. The molecule has 1 aliphatic heterocycles. The number of ether oxygens (including phenoxy) is 1. The molecule has 0 amide bonds. The Labute approximate surface area is 133 Å². The normalized spacial score (nSPS) is 16.3. The van der Waals surface area contributed by atoms with E-state index in [9.17, 15) is 5.11 Å². The molecule has 0 aliphatic carbocycles. The molecular formula is C14H18ClN5O2. The summed E-state index contributed by atoms with van der Waals surface area (Å²) in [6.07, 6.45) is 1.56. The summed E-state index contributed by atoms with van der Waals surface area (Å²) < 4.78 is 7.01. The summed E-state index contributed by atoms with van der Waals surface area (Å²) in [7, 11) is 0. The van der Waals surface area contributed by atoms with Gasteiger partial charge in [0.15, 0.2) is 17.0 Å². The highest BCUT2D eigenvalue weighted by molar-refractivity contribution is 6.28. The Morgan fingerprint density at radius 2 is 1.95 bits per heavy atom. The third kappa shape index (κ3) is 2.55. The van der Waals surface area contributed by atoms with E-state index in [0.717, 1.165) is 0 Å². The van der Waals surface area contributed by atoms with Gasteiger partial charge in [-0.25, -0.2) is 4.98 Å². The van der Waals surface area contributed by atoms with E-state index in [1.807, 2.05) is 0 Å². The highest BCUT2D eigenvalue weighted by Gasteiger charge is 2.28. The summed E-state index contributed by atoms with van der Waals surface area (Å²) in [5, 5.41) is 10.5. The van der Waals surface area contributed by atoms with E-state index in [4.69, 9.17) is 16.3 Å². The number of morpholine rings is 1. The maximum atomic E-state index is 10.3. The zero-order valence-electron chi connectivity index (χ0n) is 12.6. The van der Waals surface area contributed by atoms with Crippen LogP contribution in [0.15, 0.2) is 6.58 Å². The predicted molar refractivity (Wildman–Crippen MR) is 85.0 cm³/mol. The van der Waals surface area contributed by atoms with Crippen LogP contribution in [0.5, 0.6) is 0 Å². The molecular weight excluding hydrogens is 306 g/mol. The maximum Gasteiger partial charge on any atom is 0.226 e. The van der Waals surface area contributed by atoms with Gasteiger partial charge in [0.1, 0.15) is 11.4 Å². The van der Waals surface area contributed by atoms with Gasteiger partial charge in [0.25, 0.3) is 0 Å². The average molecular weight is 324 g/mol. The van der Waals surface area contributed by atoms with Crippen molar-refractivity contribution in [2.24, 2.45) is 0 Å². The molecule has 0 saturated carbocycles. The fourth-order valence-electron chi connectivity index (χ4n) is 2.53. The largest absolute Gasteiger partial charge is 0.382 e. The van der Waals surface area contributed by atoms with Crippen LogP contribution in [0.4, 0.5) is 5.82 Å². The number of halogens is 1. The van der Waals surface area contributed by atoms with Gasteiger partial charge < -0.3 is 14.7 Å². The quantitative estimate of drug-likeness (QED) is 0.865. The Balaban J connectivity index is 2.25. The summed E-state index contributed by atoms with van der Waals surface area (Å²) in [5.74, 6) is 1.10. The molecule has 2 aromatic rings. The van der Waals surface area contributed by atoms with E-state index < -0.39 is 5.60 Å². The number of anilines is 1. The molecule has 118 valence electrons. The van der Waals surface area contributed by atoms with Gasteiger partial charge in [-0.1, -0.05) is 6.58 Å². The van der Waals surface area contributed by atoms with Gasteiger partial charge in [0.2, 0.25) is 5.28 Å². The molecule has 22 heavy (non-hydrogen) atoms. The lowest BCUT2D eigenvalue weighted by Crippen LogP contribution is -2.37. The lowest BCUT2D eigenvalue weighted by Gasteiger charge is -2.27. The number of nitrogens with zero attached hydrogens (tertiary/aromatic N) is 5. The molecule has 1 saturated heterocycles. The van der Waals surface area contributed by atoms with Gasteiger partial charge in [-0.3, -0.25) is 4.57 Å². The van der Waals surface area contributed by atoms with Crippen molar-refractivity contribution in [1.29, 1.82) is 0 Å². The second-order valence-corrected chi connectivity index (χ2v) is 5.97. The minimum atomic E-state index is -1.14. The molecule has 7 nitrogen and oxygen atoms in total. The predicted octanol–water partition coefficient (Wildman–Crippen LogP) is 1.64. The highest BCUT2D eigenvalue weighted by Crippen LogP contribution is 2.30.